The largest absolute Gasteiger partial charge is 0.466 e. The smallest absolute Gasteiger partial charge is 0.334 e. The minimum atomic E-state index is -0.928. The van der Waals surface area contributed by atoms with E-state index >= 15 is 0 Å². The van der Waals surface area contributed by atoms with Gasteiger partial charge < -0.3 is 9.47 Å². The maximum Gasteiger partial charge on any atom is 0.334 e. The molecular formula is C23H26Cl2FNO6S. The van der Waals surface area contributed by atoms with Crippen LogP contribution in [0.15, 0.2) is 28.2 Å². The minimum Gasteiger partial charge on any atom is -0.466 e. The van der Waals surface area contributed by atoms with Gasteiger partial charge >= 0.3 is 11.9 Å². The molecule has 2 rings (SSSR count). The summed E-state index contributed by atoms with van der Waals surface area (Å²) in [7, 11) is 1.20. The zero-order chi connectivity index (χ0) is 25.3. The molecule has 1 aliphatic rings. The van der Waals surface area contributed by atoms with Crippen LogP contribution in [0.25, 0.3) is 0 Å². The zero-order valence-corrected chi connectivity index (χ0v) is 21.3. The predicted molar refractivity (Wildman–Crippen MR) is 129 cm³/mol. The molecule has 34 heavy (non-hydrogen) atoms. The number of carbonyl (C=O) groups is 4. The second-order valence-electron chi connectivity index (χ2n) is 7.42. The van der Waals surface area contributed by atoms with Crippen molar-refractivity contribution in [3.05, 3.63) is 34.1 Å². The van der Waals surface area contributed by atoms with Gasteiger partial charge in [0, 0.05) is 16.0 Å². The molecule has 2 amide bonds. The van der Waals surface area contributed by atoms with Crippen LogP contribution in [0.5, 0.6) is 0 Å². The lowest BCUT2D eigenvalue weighted by Crippen LogP contribution is -2.40. The summed E-state index contributed by atoms with van der Waals surface area (Å²) < 4.78 is 24.8. The first-order chi connectivity index (χ1) is 16.2. The van der Waals surface area contributed by atoms with Crippen molar-refractivity contribution in [2.75, 3.05) is 30.2 Å². The van der Waals surface area contributed by atoms with Crippen LogP contribution in [0, 0.1) is 5.82 Å². The fourth-order valence-corrected chi connectivity index (χ4v) is 4.53. The van der Waals surface area contributed by atoms with E-state index < -0.39 is 35.5 Å². The molecule has 0 atom stereocenters. The summed E-state index contributed by atoms with van der Waals surface area (Å²) in [6.07, 6.45) is 3.44. The fourth-order valence-electron chi connectivity index (χ4n) is 3.35. The number of anilines is 1. The number of amides is 2. The first-order valence-corrected chi connectivity index (χ1v) is 12.7. The van der Waals surface area contributed by atoms with E-state index in [1.54, 1.807) is 0 Å². The van der Waals surface area contributed by atoms with Gasteiger partial charge in [-0.05, 0) is 44.2 Å². The Bertz CT molecular complexity index is 984. The molecule has 0 unspecified atom stereocenters. The van der Waals surface area contributed by atoms with Gasteiger partial charge in [-0.15, -0.1) is 23.4 Å². The molecule has 186 valence electrons. The molecule has 7 nitrogen and oxygen atoms in total. The number of imide groups is 1. The van der Waals surface area contributed by atoms with Gasteiger partial charge in [0.1, 0.15) is 11.7 Å². The lowest BCUT2D eigenvalue weighted by molar-refractivity contribution is -0.140. The van der Waals surface area contributed by atoms with Crippen LogP contribution < -0.4 is 4.90 Å². The first kappa shape index (κ1) is 28.1. The van der Waals surface area contributed by atoms with Crippen LogP contribution in [0.2, 0.25) is 5.02 Å². The van der Waals surface area contributed by atoms with E-state index in [1.165, 1.54) is 13.2 Å². The van der Waals surface area contributed by atoms with E-state index in [9.17, 15) is 23.6 Å². The molecule has 0 radical (unpaired) electrons. The van der Waals surface area contributed by atoms with E-state index in [4.69, 9.17) is 32.7 Å². The van der Waals surface area contributed by atoms with Crippen LogP contribution in [-0.4, -0.2) is 49.1 Å². The SMILES string of the molecule is CCCCOC(=O)CSc1cc(N(C(=O)CCl)C(=O)C2=C(C(=O)OC)CCCC2)c(F)cc1Cl. The zero-order valence-electron chi connectivity index (χ0n) is 19.0. The van der Waals surface area contributed by atoms with Gasteiger partial charge in [-0.1, -0.05) is 24.9 Å². The Kier molecular flexibility index (Phi) is 11.3. The number of esters is 2. The highest BCUT2D eigenvalue weighted by Gasteiger charge is 2.33. The van der Waals surface area contributed by atoms with E-state index in [2.05, 4.69) is 0 Å². The Labute approximate surface area is 211 Å². The molecule has 0 N–H and O–H groups in total. The third-order valence-corrected chi connectivity index (χ3v) is 6.76. The van der Waals surface area contributed by atoms with Crippen molar-refractivity contribution < 1.29 is 33.0 Å². The van der Waals surface area contributed by atoms with E-state index in [0.717, 1.165) is 30.7 Å². The number of benzene rings is 1. The third-order valence-electron chi connectivity index (χ3n) is 5.07. The quantitative estimate of drug-likeness (QED) is 0.180. The fraction of sp³-hybridized carbons (Fsp3) is 0.478. The van der Waals surface area contributed by atoms with Crippen molar-refractivity contribution in [1.29, 1.82) is 0 Å². The highest BCUT2D eigenvalue weighted by Crippen LogP contribution is 2.36. The summed E-state index contributed by atoms with van der Waals surface area (Å²) in [6.45, 7) is 2.26. The standard InChI is InChI=1S/C23H26Cl2FNO6S/c1-3-4-9-33-21(29)13-34-19-11-18(17(26)10-16(19)25)27(20(28)12-24)22(30)14-7-5-6-8-15(14)23(31)32-2/h10-11H,3-9,12-13H2,1-2H3. The molecule has 1 aromatic rings. The molecule has 0 saturated carbocycles. The van der Waals surface area contributed by atoms with Gasteiger partial charge in [0.2, 0.25) is 5.91 Å². The van der Waals surface area contributed by atoms with Crippen molar-refractivity contribution in [1.82, 2.24) is 0 Å². The van der Waals surface area contributed by atoms with Gasteiger partial charge in [-0.25, -0.2) is 14.1 Å². The number of ether oxygens (including phenoxy) is 2. The van der Waals surface area contributed by atoms with Crippen molar-refractivity contribution in [2.24, 2.45) is 0 Å². The van der Waals surface area contributed by atoms with E-state index in [0.29, 0.717) is 30.8 Å². The van der Waals surface area contributed by atoms with Crippen molar-refractivity contribution in [2.45, 2.75) is 50.3 Å². The summed E-state index contributed by atoms with van der Waals surface area (Å²) in [6, 6.07) is 2.17. The molecular weight excluding hydrogens is 508 g/mol. The van der Waals surface area contributed by atoms with Crippen LogP contribution in [0.3, 0.4) is 0 Å². The lowest BCUT2D eigenvalue weighted by atomic mass is 9.90. The van der Waals surface area contributed by atoms with Crippen LogP contribution in [0.1, 0.15) is 45.4 Å². The lowest BCUT2D eigenvalue weighted by Gasteiger charge is -2.26. The molecule has 0 aromatic heterocycles. The number of hydrogen-bond acceptors (Lipinski definition) is 7. The topological polar surface area (TPSA) is 90.0 Å². The Morgan fingerprint density at radius 3 is 2.44 bits per heavy atom. The minimum absolute atomic E-state index is 0.00506. The molecule has 0 fully saturated rings. The highest BCUT2D eigenvalue weighted by atomic mass is 35.5. The molecule has 0 spiro atoms. The summed E-state index contributed by atoms with van der Waals surface area (Å²) >= 11 is 12.9. The number of hydrogen-bond donors (Lipinski definition) is 0. The molecule has 11 heteroatoms. The first-order valence-electron chi connectivity index (χ1n) is 10.8. The number of thioether (sulfide) groups is 1. The van der Waals surface area contributed by atoms with Crippen LogP contribution in [-0.2, 0) is 28.7 Å². The highest BCUT2D eigenvalue weighted by molar-refractivity contribution is 8.00. The Balaban J connectivity index is 2.41. The van der Waals surface area contributed by atoms with Crippen molar-refractivity contribution in [3.63, 3.8) is 0 Å². The van der Waals surface area contributed by atoms with Gasteiger partial charge in [0.25, 0.3) is 5.91 Å². The Hall–Kier alpha value is -2.10. The van der Waals surface area contributed by atoms with Crippen molar-refractivity contribution in [3.8, 4) is 0 Å². The third kappa shape index (κ3) is 7.20. The second-order valence-corrected chi connectivity index (χ2v) is 9.11. The van der Waals surface area contributed by atoms with Gasteiger partial charge in [-0.2, -0.15) is 0 Å². The van der Waals surface area contributed by atoms with Gasteiger partial charge in [0.05, 0.1) is 30.2 Å². The molecule has 0 saturated heterocycles. The van der Waals surface area contributed by atoms with Gasteiger partial charge in [-0.3, -0.25) is 14.4 Å². The average molecular weight is 534 g/mol. The molecule has 1 aromatic carbocycles. The Morgan fingerprint density at radius 2 is 1.82 bits per heavy atom. The molecule has 0 bridgehead atoms. The van der Waals surface area contributed by atoms with E-state index in [1.807, 2.05) is 6.92 Å². The normalized spacial score (nSPS) is 13.4. The molecule has 0 heterocycles. The van der Waals surface area contributed by atoms with E-state index in [-0.39, 0.29) is 38.9 Å². The average Bonchev–Trinajstić information content (AvgIpc) is 2.84. The molecule has 1 aliphatic carbocycles. The number of carbonyl (C=O) groups excluding carboxylic acids is 4. The summed E-state index contributed by atoms with van der Waals surface area (Å²) in [5.74, 6) is -4.48. The number of methoxy groups -OCH3 is 1. The van der Waals surface area contributed by atoms with Crippen LogP contribution >= 0.6 is 35.0 Å². The number of halogens is 3. The second kappa shape index (κ2) is 13.7. The number of alkyl halides is 1. The maximum absolute atomic E-state index is 14.9. The number of nitrogens with zero attached hydrogens (tertiary/aromatic N) is 1. The van der Waals surface area contributed by atoms with Crippen LogP contribution in [0.4, 0.5) is 10.1 Å². The predicted octanol–water partition coefficient (Wildman–Crippen LogP) is 5.06. The summed E-state index contributed by atoms with van der Waals surface area (Å²) in [5.41, 5.74) is -0.131. The molecule has 0 aliphatic heterocycles. The Morgan fingerprint density at radius 1 is 1.15 bits per heavy atom. The monoisotopic (exact) mass is 533 g/mol. The summed E-state index contributed by atoms with van der Waals surface area (Å²) in [5, 5.41) is 0.00506. The van der Waals surface area contributed by atoms with Gasteiger partial charge in [0.15, 0.2) is 0 Å². The number of unbranched alkanes of at least 4 members (excludes halogenated alkanes) is 1. The van der Waals surface area contributed by atoms with Crippen molar-refractivity contribution >= 4 is 64.4 Å². The maximum atomic E-state index is 14.9. The summed E-state index contributed by atoms with van der Waals surface area (Å²) in [4.78, 5) is 51.1. The number of rotatable bonds is 10.